The van der Waals surface area contributed by atoms with Crippen LogP contribution >= 0.6 is 0 Å². The molecule has 2 N–H and O–H groups in total. The molecular formula is C12H24N2O3. The Kier molecular flexibility index (Phi) is 5.99. The van der Waals surface area contributed by atoms with E-state index in [1.165, 1.54) is 6.92 Å². The van der Waals surface area contributed by atoms with Gasteiger partial charge < -0.3 is 15.3 Å². The normalized spacial score (nSPS) is 14.2. The number of amides is 2. The minimum absolute atomic E-state index is 0.0600. The average molecular weight is 244 g/mol. The number of carboxylic acid groups (broad SMARTS) is 1. The standard InChI is InChI=1S/C12H24N2O3/c1-6-8-14(9(3)4)11(17)13-12(5,7-2)10(15)16/h9H,6-8H2,1-5H3,(H,13,17)(H,15,16). The van der Waals surface area contributed by atoms with Gasteiger partial charge >= 0.3 is 12.0 Å². The van der Waals surface area contributed by atoms with E-state index in [2.05, 4.69) is 5.32 Å². The molecule has 0 heterocycles. The van der Waals surface area contributed by atoms with Crippen molar-refractivity contribution in [2.24, 2.45) is 0 Å². The minimum Gasteiger partial charge on any atom is -0.480 e. The molecule has 5 nitrogen and oxygen atoms in total. The Bertz CT molecular complexity index is 279. The van der Waals surface area contributed by atoms with Crippen molar-refractivity contribution < 1.29 is 14.7 Å². The Morgan fingerprint density at radius 3 is 2.18 bits per heavy atom. The molecule has 5 heteroatoms. The lowest BCUT2D eigenvalue weighted by atomic mass is 9.99. The monoisotopic (exact) mass is 244 g/mol. The topological polar surface area (TPSA) is 69.6 Å². The van der Waals surface area contributed by atoms with Gasteiger partial charge in [-0.15, -0.1) is 0 Å². The summed E-state index contributed by atoms with van der Waals surface area (Å²) in [6.07, 6.45) is 1.20. The summed E-state index contributed by atoms with van der Waals surface area (Å²) >= 11 is 0. The van der Waals surface area contributed by atoms with E-state index in [0.717, 1.165) is 6.42 Å². The lowest BCUT2D eigenvalue weighted by molar-refractivity contribution is -0.143. The molecule has 0 bridgehead atoms. The molecule has 0 aromatic rings. The highest BCUT2D eigenvalue weighted by atomic mass is 16.4. The van der Waals surface area contributed by atoms with Gasteiger partial charge in [-0.2, -0.15) is 0 Å². The fourth-order valence-corrected chi connectivity index (χ4v) is 1.44. The number of urea groups is 1. The molecule has 0 aromatic carbocycles. The second-order valence-electron chi connectivity index (χ2n) is 4.71. The molecule has 0 rings (SSSR count). The molecule has 0 radical (unpaired) electrons. The van der Waals surface area contributed by atoms with E-state index in [9.17, 15) is 9.59 Å². The third-order valence-electron chi connectivity index (χ3n) is 2.91. The van der Waals surface area contributed by atoms with Gasteiger partial charge in [0.1, 0.15) is 5.54 Å². The number of carbonyl (C=O) groups is 2. The molecule has 0 spiro atoms. The molecule has 0 aliphatic carbocycles. The number of rotatable bonds is 6. The first-order chi connectivity index (χ1) is 7.78. The zero-order valence-corrected chi connectivity index (χ0v) is 11.4. The van der Waals surface area contributed by atoms with E-state index in [1.54, 1.807) is 11.8 Å². The van der Waals surface area contributed by atoms with Gasteiger partial charge in [0.05, 0.1) is 0 Å². The maximum Gasteiger partial charge on any atom is 0.329 e. The number of nitrogens with zero attached hydrogens (tertiary/aromatic N) is 1. The van der Waals surface area contributed by atoms with Crippen molar-refractivity contribution in [3.63, 3.8) is 0 Å². The van der Waals surface area contributed by atoms with Crippen molar-refractivity contribution in [1.29, 1.82) is 0 Å². The summed E-state index contributed by atoms with van der Waals surface area (Å²) in [5.74, 6) is -1.01. The molecule has 1 atom stereocenters. The van der Waals surface area contributed by atoms with Crippen LogP contribution in [0.5, 0.6) is 0 Å². The fourth-order valence-electron chi connectivity index (χ4n) is 1.44. The summed E-state index contributed by atoms with van der Waals surface area (Å²) in [5, 5.41) is 11.7. The van der Waals surface area contributed by atoms with Crippen LogP contribution in [0, 0.1) is 0 Å². The number of hydrogen-bond acceptors (Lipinski definition) is 2. The summed E-state index contributed by atoms with van der Waals surface area (Å²) in [5.41, 5.74) is -1.20. The van der Waals surface area contributed by atoms with Gasteiger partial charge in [-0.05, 0) is 33.6 Å². The lowest BCUT2D eigenvalue weighted by Gasteiger charge is -2.32. The first-order valence-electron chi connectivity index (χ1n) is 6.10. The van der Waals surface area contributed by atoms with Gasteiger partial charge in [0, 0.05) is 12.6 Å². The van der Waals surface area contributed by atoms with Gasteiger partial charge in [0.25, 0.3) is 0 Å². The van der Waals surface area contributed by atoms with Crippen LogP contribution < -0.4 is 5.32 Å². The highest BCUT2D eigenvalue weighted by Gasteiger charge is 2.34. The molecule has 0 fully saturated rings. The molecule has 2 amide bonds. The minimum atomic E-state index is -1.20. The van der Waals surface area contributed by atoms with E-state index in [0.29, 0.717) is 13.0 Å². The highest BCUT2D eigenvalue weighted by Crippen LogP contribution is 2.11. The third kappa shape index (κ3) is 4.24. The van der Waals surface area contributed by atoms with E-state index < -0.39 is 11.5 Å². The molecular weight excluding hydrogens is 220 g/mol. The Labute approximate surface area is 103 Å². The van der Waals surface area contributed by atoms with Gasteiger partial charge in [-0.3, -0.25) is 0 Å². The Morgan fingerprint density at radius 2 is 1.88 bits per heavy atom. The summed E-state index contributed by atoms with van der Waals surface area (Å²) in [6.45, 7) is 9.71. The van der Waals surface area contributed by atoms with Crippen LogP contribution in [0.4, 0.5) is 4.79 Å². The van der Waals surface area contributed by atoms with Gasteiger partial charge in [-0.25, -0.2) is 9.59 Å². The molecule has 0 aromatic heterocycles. The molecule has 17 heavy (non-hydrogen) atoms. The van der Waals surface area contributed by atoms with Gasteiger partial charge in [0.15, 0.2) is 0 Å². The first-order valence-corrected chi connectivity index (χ1v) is 6.10. The summed E-state index contributed by atoms with van der Waals surface area (Å²) in [4.78, 5) is 24.8. The molecule has 0 saturated carbocycles. The second-order valence-corrected chi connectivity index (χ2v) is 4.71. The van der Waals surface area contributed by atoms with Crippen LogP contribution in [-0.2, 0) is 4.79 Å². The predicted molar refractivity (Wildman–Crippen MR) is 67.0 cm³/mol. The molecule has 100 valence electrons. The van der Waals surface area contributed by atoms with E-state index in [1.807, 2.05) is 20.8 Å². The maximum atomic E-state index is 12.0. The Hall–Kier alpha value is -1.26. The third-order valence-corrected chi connectivity index (χ3v) is 2.91. The van der Waals surface area contributed by atoms with E-state index in [4.69, 9.17) is 5.11 Å². The Balaban J connectivity index is 4.75. The molecule has 1 unspecified atom stereocenters. The van der Waals surface area contributed by atoms with Crippen molar-refractivity contribution in [2.75, 3.05) is 6.54 Å². The predicted octanol–water partition coefficient (Wildman–Crippen LogP) is 2.07. The van der Waals surface area contributed by atoms with Crippen LogP contribution in [-0.4, -0.2) is 40.1 Å². The first kappa shape index (κ1) is 15.7. The van der Waals surface area contributed by atoms with Crippen LogP contribution in [0.25, 0.3) is 0 Å². The van der Waals surface area contributed by atoms with Gasteiger partial charge in [-0.1, -0.05) is 13.8 Å². The highest BCUT2D eigenvalue weighted by molar-refractivity contribution is 5.85. The summed E-state index contributed by atoms with van der Waals surface area (Å²) < 4.78 is 0. The van der Waals surface area contributed by atoms with Crippen molar-refractivity contribution in [3.05, 3.63) is 0 Å². The van der Waals surface area contributed by atoms with Crippen LogP contribution in [0.1, 0.15) is 47.5 Å². The molecule has 0 aliphatic rings. The largest absolute Gasteiger partial charge is 0.480 e. The van der Waals surface area contributed by atoms with Crippen molar-refractivity contribution in [3.8, 4) is 0 Å². The van der Waals surface area contributed by atoms with E-state index in [-0.39, 0.29) is 12.1 Å². The number of hydrogen-bond donors (Lipinski definition) is 2. The lowest BCUT2D eigenvalue weighted by Crippen LogP contribution is -2.57. The molecule has 0 saturated heterocycles. The Morgan fingerprint density at radius 1 is 1.35 bits per heavy atom. The summed E-state index contributed by atoms with van der Waals surface area (Å²) in [7, 11) is 0. The van der Waals surface area contributed by atoms with Crippen molar-refractivity contribution in [1.82, 2.24) is 10.2 Å². The zero-order chi connectivity index (χ0) is 13.6. The van der Waals surface area contributed by atoms with Crippen LogP contribution in [0.3, 0.4) is 0 Å². The number of carbonyl (C=O) groups excluding carboxylic acids is 1. The SMILES string of the molecule is CCCN(C(=O)NC(C)(CC)C(=O)O)C(C)C. The van der Waals surface area contributed by atoms with Crippen molar-refractivity contribution >= 4 is 12.0 Å². The quantitative estimate of drug-likeness (QED) is 0.751. The van der Waals surface area contributed by atoms with Crippen molar-refractivity contribution in [2.45, 2.75) is 59.0 Å². The second kappa shape index (κ2) is 6.47. The van der Waals surface area contributed by atoms with Crippen LogP contribution in [0.2, 0.25) is 0 Å². The smallest absolute Gasteiger partial charge is 0.329 e. The maximum absolute atomic E-state index is 12.0. The van der Waals surface area contributed by atoms with E-state index >= 15 is 0 Å². The number of aliphatic carboxylic acids is 1. The van der Waals surface area contributed by atoms with Gasteiger partial charge in [0.2, 0.25) is 0 Å². The summed E-state index contributed by atoms with van der Waals surface area (Å²) in [6, 6.07) is -0.251. The average Bonchev–Trinajstić information content (AvgIpc) is 2.24. The fraction of sp³-hybridized carbons (Fsp3) is 0.833. The number of nitrogens with one attached hydrogen (secondary N) is 1. The number of carboxylic acids is 1. The van der Waals surface area contributed by atoms with Crippen LogP contribution in [0.15, 0.2) is 0 Å². The zero-order valence-electron chi connectivity index (χ0n) is 11.4. The molecule has 0 aliphatic heterocycles.